The Kier molecular flexibility index (Phi) is 3.62. The van der Waals surface area contributed by atoms with E-state index in [0.29, 0.717) is 6.54 Å². The minimum atomic E-state index is 0.0249. The first-order chi connectivity index (χ1) is 9.34. The fourth-order valence-electron chi connectivity index (χ4n) is 2.27. The summed E-state index contributed by atoms with van der Waals surface area (Å²) >= 11 is 1.62. The highest BCUT2D eigenvalue weighted by Crippen LogP contribution is 2.25. The molecule has 0 saturated heterocycles. The van der Waals surface area contributed by atoms with Crippen LogP contribution in [-0.2, 0) is 0 Å². The standard InChI is InChI=1S/C15H16N2OS/c18-15(17-9-11-5-7-16-8-6-11)13-10-19-14-4-2-1-3-12(13)14/h1-5,10,16H,6-9H2,(H,17,18). The molecule has 19 heavy (non-hydrogen) atoms. The van der Waals surface area contributed by atoms with Gasteiger partial charge in [-0.15, -0.1) is 11.3 Å². The molecule has 2 aromatic rings. The van der Waals surface area contributed by atoms with Crippen LogP contribution < -0.4 is 10.6 Å². The van der Waals surface area contributed by atoms with E-state index in [1.807, 2.05) is 29.6 Å². The van der Waals surface area contributed by atoms with Crippen LogP contribution in [0.3, 0.4) is 0 Å². The lowest BCUT2D eigenvalue weighted by atomic mass is 10.1. The maximum absolute atomic E-state index is 12.2. The van der Waals surface area contributed by atoms with Gasteiger partial charge in [0, 0.05) is 28.6 Å². The van der Waals surface area contributed by atoms with Gasteiger partial charge in [-0.1, -0.05) is 29.8 Å². The molecular formula is C15H16N2OS. The fraction of sp³-hybridized carbons (Fsp3) is 0.267. The van der Waals surface area contributed by atoms with E-state index >= 15 is 0 Å². The summed E-state index contributed by atoms with van der Waals surface area (Å²) in [6.07, 6.45) is 3.18. The maximum atomic E-state index is 12.2. The van der Waals surface area contributed by atoms with E-state index in [1.54, 1.807) is 11.3 Å². The van der Waals surface area contributed by atoms with Gasteiger partial charge in [0.1, 0.15) is 0 Å². The maximum Gasteiger partial charge on any atom is 0.253 e. The van der Waals surface area contributed by atoms with E-state index < -0.39 is 0 Å². The number of rotatable bonds is 3. The van der Waals surface area contributed by atoms with E-state index in [9.17, 15) is 4.79 Å². The number of fused-ring (bicyclic) bond motifs is 1. The van der Waals surface area contributed by atoms with Crippen molar-refractivity contribution in [3.05, 3.63) is 46.9 Å². The first-order valence-corrected chi connectivity index (χ1v) is 7.35. The lowest BCUT2D eigenvalue weighted by Crippen LogP contribution is -2.29. The third kappa shape index (κ3) is 2.69. The third-order valence-electron chi connectivity index (χ3n) is 3.36. The molecule has 0 saturated carbocycles. The highest BCUT2D eigenvalue weighted by Gasteiger charge is 2.12. The topological polar surface area (TPSA) is 41.1 Å². The van der Waals surface area contributed by atoms with Crippen molar-refractivity contribution in [2.24, 2.45) is 0 Å². The zero-order chi connectivity index (χ0) is 13.1. The van der Waals surface area contributed by atoms with Gasteiger partial charge in [-0.05, 0) is 19.0 Å². The summed E-state index contributed by atoms with van der Waals surface area (Å²) in [5, 5.41) is 9.27. The Morgan fingerprint density at radius 2 is 2.26 bits per heavy atom. The van der Waals surface area contributed by atoms with Crippen LogP contribution in [-0.4, -0.2) is 25.5 Å². The van der Waals surface area contributed by atoms with E-state index in [4.69, 9.17) is 0 Å². The molecule has 0 atom stereocenters. The number of hydrogen-bond donors (Lipinski definition) is 2. The number of nitrogens with one attached hydrogen (secondary N) is 2. The second-order valence-electron chi connectivity index (χ2n) is 4.64. The Bertz CT molecular complexity index is 630. The van der Waals surface area contributed by atoms with Gasteiger partial charge in [-0.2, -0.15) is 0 Å². The lowest BCUT2D eigenvalue weighted by Gasteiger charge is -2.14. The van der Waals surface area contributed by atoms with E-state index in [0.717, 1.165) is 35.2 Å². The van der Waals surface area contributed by atoms with Crippen molar-refractivity contribution >= 4 is 27.3 Å². The van der Waals surface area contributed by atoms with Crippen molar-refractivity contribution in [3.63, 3.8) is 0 Å². The normalized spacial score (nSPS) is 15.3. The molecule has 3 nitrogen and oxygen atoms in total. The summed E-state index contributed by atoms with van der Waals surface area (Å²) in [5.74, 6) is 0.0249. The van der Waals surface area contributed by atoms with Crippen LogP contribution in [0, 0.1) is 0 Å². The Morgan fingerprint density at radius 3 is 3.11 bits per heavy atom. The molecule has 1 aliphatic heterocycles. The Hall–Kier alpha value is -1.65. The SMILES string of the molecule is O=C(NCC1=CCNCC1)c1csc2ccccc12. The predicted molar refractivity (Wildman–Crippen MR) is 79.7 cm³/mol. The molecule has 0 spiro atoms. The lowest BCUT2D eigenvalue weighted by molar-refractivity contribution is 0.0958. The molecule has 0 bridgehead atoms. The number of hydrogen-bond acceptors (Lipinski definition) is 3. The second kappa shape index (κ2) is 5.55. The zero-order valence-electron chi connectivity index (χ0n) is 10.6. The minimum absolute atomic E-state index is 0.0249. The van der Waals surface area contributed by atoms with Crippen molar-refractivity contribution in [3.8, 4) is 0 Å². The van der Waals surface area contributed by atoms with Crippen LogP contribution >= 0.6 is 11.3 Å². The summed E-state index contributed by atoms with van der Waals surface area (Å²) in [7, 11) is 0. The molecule has 98 valence electrons. The van der Waals surface area contributed by atoms with Crippen LogP contribution in [0.25, 0.3) is 10.1 Å². The van der Waals surface area contributed by atoms with Crippen molar-refractivity contribution in [1.29, 1.82) is 0 Å². The first-order valence-electron chi connectivity index (χ1n) is 6.47. The van der Waals surface area contributed by atoms with Gasteiger partial charge >= 0.3 is 0 Å². The highest BCUT2D eigenvalue weighted by molar-refractivity contribution is 7.17. The molecule has 3 rings (SSSR count). The van der Waals surface area contributed by atoms with E-state index in [1.165, 1.54) is 5.57 Å². The summed E-state index contributed by atoms with van der Waals surface area (Å²) < 4.78 is 1.16. The zero-order valence-corrected chi connectivity index (χ0v) is 11.4. The van der Waals surface area contributed by atoms with Gasteiger partial charge in [0.2, 0.25) is 0 Å². The van der Waals surface area contributed by atoms with Crippen LogP contribution in [0.1, 0.15) is 16.8 Å². The van der Waals surface area contributed by atoms with Gasteiger partial charge in [-0.3, -0.25) is 4.79 Å². The number of benzene rings is 1. The molecular weight excluding hydrogens is 256 g/mol. The predicted octanol–water partition coefficient (Wildman–Crippen LogP) is 2.55. The molecule has 1 amide bonds. The molecule has 0 fully saturated rings. The smallest absolute Gasteiger partial charge is 0.253 e. The minimum Gasteiger partial charge on any atom is -0.348 e. The van der Waals surface area contributed by atoms with Gasteiger partial charge in [0.15, 0.2) is 0 Å². The van der Waals surface area contributed by atoms with Crippen molar-refractivity contribution in [1.82, 2.24) is 10.6 Å². The largest absolute Gasteiger partial charge is 0.348 e. The molecule has 0 aliphatic carbocycles. The monoisotopic (exact) mass is 272 g/mol. The number of thiophene rings is 1. The van der Waals surface area contributed by atoms with Gasteiger partial charge in [-0.25, -0.2) is 0 Å². The van der Waals surface area contributed by atoms with E-state index in [-0.39, 0.29) is 5.91 Å². The average molecular weight is 272 g/mol. The highest BCUT2D eigenvalue weighted by atomic mass is 32.1. The average Bonchev–Trinajstić information content (AvgIpc) is 2.90. The molecule has 1 aliphatic rings. The second-order valence-corrected chi connectivity index (χ2v) is 5.56. The van der Waals surface area contributed by atoms with Crippen LogP contribution in [0.2, 0.25) is 0 Å². The van der Waals surface area contributed by atoms with Gasteiger partial charge in [0.05, 0.1) is 5.56 Å². The summed E-state index contributed by atoms with van der Waals surface area (Å²) in [5.41, 5.74) is 2.10. The third-order valence-corrected chi connectivity index (χ3v) is 4.32. The van der Waals surface area contributed by atoms with Crippen LogP contribution in [0.4, 0.5) is 0 Å². The number of carbonyl (C=O) groups is 1. The fourth-order valence-corrected chi connectivity index (χ4v) is 3.21. The summed E-state index contributed by atoms with van der Waals surface area (Å²) in [6, 6.07) is 8.03. The van der Waals surface area contributed by atoms with Crippen molar-refractivity contribution in [2.75, 3.05) is 19.6 Å². The summed E-state index contributed by atoms with van der Waals surface area (Å²) in [4.78, 5) is 12.2. The van der Waals surface area contributed by atoms with Crippen LogP contribution in [0.15, 0.2) is 41.3 Å². The van der Waals surface area contributed by atoms with Gasteiger partial charge < -0.3 is 10.6 Å². The Balaban J connectivity index is 1.71. The number of amides is 1. The first kappa shape index (κ1) is 12.4. The molecule has 2 N–H and O–H groups in total. The molecule has 0 radical (unpaired) electrons. The van der Waals surface area contributed by atoms with E-state index in [2.05, 4.69) is 16.7 Å². The Labute approximate surface area is 116 Å². The summed E-state index contributed by atoms with van der Waals surface area (Å²) in [6.45, 7) is 2.57. The van der Waals surface area contributed by atoms with Crippen LogP contribution in [0.5, 0.6) is 0 Å². The quantitative estimate of drug-likeness (QED) is 0.843. The van der Waals surface area contributed by atoms with Gasteiger partial charge in [0.25, 0.3) is 5.91 Å². The molecule has 1 aromatic heterocycles. The van der Waals surface area contributed by atoms with Crippen molar-refractivity contribution < 1.29 is 4.79 Å². The van der Waals surface area contributed by atoms with Crippen molar-refractivity contribution in [2.45, 2.75) is 6.42 Å². The molecule has 1 aromatic carbocycles. The number of carbonyl (C=O) groups excluding carboxylic acids is 1. The Morgan fingerprint density at radius 1 is 1.37 bits per heavy atom. The molecule has 2 heterocycles. The molecule has 4 heteroatoms. The molecule has 0 unspecified atom stereocenters.